The molecule has 0 N–H and O–H groups in total. The van der Waals surface area contributed by atoms with E-state index in [2.05, 4.69) is 103 Å². The van der Waals surface area contributed by atoms with Crippen molar-refractivity contribution in [2.45, 2.75) is 59.4 Å². The van der Waals surface area contributed by atoms with Gasteiger partial charge < -0.3 is 14.2 Å². The molecule has 0 saturated heterocycles. The summed E-state index contributed by atoms with van der Waals surface area (Å²) < 4.78 is 7.84. The van der Waals surface area contributed by atoms with E-state index in [1.165, 1.54) is 64.9 Å². The van der Waals surface area contributed by atoms with Gasteiger partial charge in [-0.15, -0.1) is 0 Å². The van der Waals surface area contributed by atoms with Gasteiger partial charge in [-0.3, -0.25) is 0 Å². The second-order valence-corrected chi connectivity index (χ2v) is 10.2. The number of aryl methyl sites for hydroxylation is 1. The zero-order valence-corrected chi connectivity index (χ0v) is 23.7. The van der Waals surface area contributed by atoms with Gasteiger partial charge in [0.25, 0.3) is 0 Å². The largest absolute Gasteiger partial charge is 0.497 e. The van der Waals surface area contributed by atoms with E-state index in [0.29, 0.717) is 0 Å². The van der Waals surface area contributed by atoms with E-state index in [0.717, 1.165) is 38.3 Å². The van der Waals surface area contributed by atoms with Crippen molar-refractivity contribution in [3.63, 3.8) is 0 Å². The third kappa shape index (κ3) is 7.17. The van der Waals surface area contributed by atoms with E-state index in [4.69, 9.17) is 4.74 Å². The van der Waals surface area contributed by atoms with Crippen LogP contribution in [0.2, 0.25) is 0 Å². The summed E-state index contributed by atoms with van der Waals surface area (Å²) in [4.78, 5) is 2.51. The van der Waals surface area contributed by atoms with E-state index in [9.17, 15) is 0 Å². The minimum atomic E-state index is 0.872. The number of likely N-dealkylation sites (N-methyl/N-ethyl adjacent to an activating group) is 1. The van der Waals surface area contributed by atoms with Crippen LogP contribution in [0.4, 0.5) is 0 Å². The molecule has 3 nitrogen and oxygen atoms in total. The fourth-order valence-corrected chi connectivity index (χ4v) is 5.17. The summed E-state index contributed by atoms with van der Waals surface area (Å²) in [5.41, 5.74) is 9.20. The highest BCUT2D eigenvalue weighted by molar-refractivity contribution is 5.65. The predicted molar refractivity (Wildman–Crippen MR) is 162 cm³/mol. The predicted octanol–water partition coefficient (Wildman–Crippen LogP) is 8.50. The number of benzene rings is 3. The molecule has 200 valence electrons. The Balaban J connectivity index is 1.57. The highest BCUT2D eigenvalue weighted by atomic mass is 16.5. The van der Waals surface area contributed by atoms with Gasteiger partial charge in [-0.2, -0.15) is 0 Å². The first kappa shape index (κ1) is 27.7. The molecular formula is C35H44N2O. The van der Waals surface area contributed by atoms with Crippen molar-refractivity contribution < 1.29 is 4.74 Å². The maximum absolute atomic E-state index is 5.31. The highest BCUT2D eigenvalue weighted by Crippen LogP contribution is 2.27. The smallest absolute Gasteiger partial charge is 0.118 e. The van der Waals surface area contributed by atoms with E-state index in [-0.39, 0.29) is 0 Å². The van der Waals surface area contributed by atoms with Crippen LogP contribution in [0.1, 0.15) is 56.9 Å². The Bertz CT molecular complexity index is 1230. The molecule has 0 atom stereocenters. The molecule has 0 aliphatic heterocycles. The number of ether oxygens (including phenoxy) is 1. The van der Waals surface area contributed by atoms with Gasteiger partial charge in [0.15, 0.2) is 0 Å². The van der Waals surface area contributed by atoms with Gasteiger partial charge in [0.05, 0.1) is 7.11 Å². The number of rotatable bonds is 14. The number of nitrogens with zero attached hydrogens (tertiary/aromatic N) is 2. The van der Waals surface area contributed by atoms with Crippen LogP contribution in [0.15, 0.2) is 84.9 Å². The summed E-state index contributed by atoms with van der Waals surface area (Å²) in [5.74, 6) is 0.886. The zero-order valence-electron chi connectivity index (χ0n) is 23.7. The second-order valence-electron chi connectivity index (χ2n) is 10.2. The van der Waals surface area contributed by atoms with Gasteiger partial charge in [0.1, 0.15) is 5.75 Å². The van der Waals surface area contributed by atoms with Crippen molar-refractivity contribution in [2.75, 3.05) is 26.7 Å². The molecule has 0 spiro atoms. The lowest BCUT2D eigenvalue weighted by Gasteiger charge is -2.20. The van der Waals surface area contributed by atoms with E-state index in [1.807, 2.05) is 12.1 Å². The minimum absolute atomic E-state index is 0.872. The molecule has 0 aliphatic carbocycles. The number of methoxy groups -OCH3 is 1. The Morgan fingerprint density at radius 1 is 0.632 bits per heavy atom. The Labute approximate surface area is 230 Å². The Morgan fingerprint density at radius 2 is 1.24 bits per heavy atom. The first-order valence-corrected chi connectivity index (χ1v) is 14.4. The number of hydrogen-bond donors (Lipinski definition) is 0. The normalized spacial score (nSPS) is 11.3. The molecule has 0 aliphatic rings. The van der Waals surface area contributed by atoms with Crippen LogP contribution in [0, 0.1) is 0 Å². The van der Waals surface area contributed by atoms with Crippen molar-refractivity contribution >= 4 is 0 Å². The van der Waals surface area contributed by atoms with E-state index < -0.39 is 0 Å². The summed E-state index contributed by atoms with van der Waals surface area (Å²) in [6.45, 7) is 10.9. The molecule has 4 aromatic rings. The van der Waals surface area contributed by atoms with Crippen LogP contribution < -0.4 is 4.74 Å². The molecule has 38 heavy (non-hydrogen) atoms. The molecule has 0 radical (unpaired) electrons. The summed E-state index contributed by atoms with van der Waals surface area (Å²) >= 11 is 0. The number of hydrogen-bond acceptors (Lipinski definition) is 2. The fourth-order valence-electron chi connectivity index (χ4n) is 5.17. The minimum Gasteiger partial charge on any atom is -0.497 e. The van der Waals surface area contributed by atoms with Crippen LogP contribution >= 0.6 is 0 Å². The summed E-state index contributed by atoms with van der Waals surface area (Å²) in [7, 11) is 1.71. The van der Waals surface area contributed by atoms with Crippen LogP contribution in [0.3, 0.4) is 0 Å². The molecule has 0 unspecified atom stereocenters. The third-order valence-corrected chi connectivity index (χ3v) is 7.69. The average molecular weight is 509 g/mol. The monoisotopic (exact) mass is 508 g/mol. The maximum Gasteiger partial charge on any atom is 0.118 e. The SMILES string of the molecule is CCCCCc1ccc(-c2ccc(CCN(CC)CC)n2Cc2ccc(-c3ccc(OC)cc3)cc2)cc1. The van der Waals surface area contributed by atoms with Crippen molar-refractivity contribution in [1.29, 1.82) is 0 Å². The molecule has 1 aromatic heterocycles. The van der Waals surface area contributed by atoms with Crippen LogP contribution in [-0.2, 0) is 19.4 Å². The molecule has 4 rings (SSSR count). The molecule has 0 saturated carbocycles. The summed E-state index contributed by atoms with van der Waals surface area (Å²) in [6.07, 6.45) is 6.07. The molecule has 1 heterocycles. The lowest BCUT2D eigenvalue weighted by atomic mass is 10.0. The fraction of sp³-hybridized carbons (Fsp3) is 0.371. The Hall–Kier alpha value is -3.30. The van der Waals surface area contributed by atoms with Crippen molar-refractivity contribution in [3.05, 3.63) is 102 Å². The topological polar surface area (TPSA) is 17.4 Å². The zero-order chi connectivity index (χ0) is 26.7. The number of unbranched alkanes of at least 4 members (excludes halogenated alkanes) is 2. The van der Waals surface area contributed by atoms with Crippen LogP contribution in [0.5, 0.6) is 5.75 Å². The van der Waals surface area contributed by atoms with Crippen molar-refractivity contribution in [3.8, 4) is 28.1 Å². The Morgan fingerprint density at radius 3 is 1.84 bits per heavy atom. The molecule has 0 bridgehead atoms. The first-order valence-electron chi connectivity index (χ1n) is 14.4. The summed E-state index contributed by atoms with van der Waals surface area (Å²) in [6, 6.07) is 31.2. The van der Waals surface area contributed by atoms with Crippen LogP contribution in [-0.4, -0.2) is 36.2 Å². The average Bonchev–Trinajstić information content (AvgIpc) is 3.36. The van der Waals surface area contributed by atoms with Gasteiger partial charge in [0.2, 0.25) is 0 Å². The van der Waals surface area contributed by atoms with Gasteiger partial charge in [-0.25, -0.2) is 0 Å². The molecule has 3 aromatic carbocycles. The van der Waals surface area contributed by atoms with Gasteiger partial charge in [-0.1, -0.05) is 94.3 Å². The highest BCUT2D eigenvalue weighted by Gasteiger charge is 2.13. The third-order valence-electron chi connectivity index (χ3n) is 7.69. The first-order chi connectivity index (χ1) is 18.6. The number of aromatic nitrogens is 1. The van der Waals surface area contributed by atoms with Gasteiger partial charge in [-0.05, 0) is 78.0 Å². The van der Waals surface area contributed by atoms with Gasteiger partial charge in [0, 0.05) is 30.9 Å². The maximum atomic E-state index is 5.31. The Kier molecular flexibility index (Phi) is 10.2. The molecular weight excluding hydrogens is 464 g/mol. The van der Waals surface area contributed by atoms with E-state index >= 15 is 0 Å². The molecule has 0 fully saturated rings. The molecule has 3 heteroatoms. The van der Waals surface area contributed by atoms with Crippen molar-refractivity contribution in [2.24, 2.45) is 0 Å². The van der Waals surface area contributed by atoms with Gasteiger partial charge >= 0.3 is 0 Å². The summed E-state index contributed by atoms with van der Waals surface area (Å²) in [5, 5.41) is 0. The molecule has 0 amide bonds. The second kappa shape index (κ2) is 14.0. The lowest BCUT2D eigenvalue weighted by Crippen LogP contribution is -2.26. The lowest BCUT2D eigenvalue weighted by molar-refractivity contribution is 0.306. The standard InChI is InChI=1S/C35H44N2O/c1-5-8-9-10-28-11-17-32(18-12-28)35-24-21-33(25-26-36(6-2)7-3)37(35)27-29-13-15-30(16-14-29)31-19-22-34(38-4)23-20-31/h11-24H,5-10,25-27H2,1-4H3. The van der Waals surface area contributed by atoms with Crippen molar-refractivity contribution in [1.82, 2.24) is 9.47 Å². The quantitative estimate of drug-likeness (QED) is 0.159. The van der Waals surface area contributed by atoms with E-state index in [1.54, 1.807) is 7.11 Å². The van der Waals surface area contributed by atoms with Crippen LogP contribution in [0.25, 0.3) is 22.4 Å².